The first-order valence-corrected chi connectivity index (χ1v) is 10.5. The van der Waals surface area contributed by atoms with E-state index in [-0.39, 0.29) is 28.9 Å². The number of nitrogens with zero attached hydrogens (tertiary/aromatic N) is 1. The highest BCUT2D eigenvalue weighted by Gasteiger charge is 2.26. The molecule has 0 bridgehead atoms. The number of hydrogen-bond acceptors (Lipinski definition) is 5. The molecule has 0 fully saturated rings. The molecule has 0 heterocycles. The first kappa shape index (κ1) is 22.7. The maximum atomic E-state index is 12.8. The van der Waals surface area contributed by atoms with Gasteiger partial charge in [0.25, 0.3) is 0 Å². The standard InChI is InChI=1S/C17H27ClN2O5S/c1-4-20(13-17(21)19-10-7-11-24-5-2)26(22,23)14-8-9-16(25-6-3)15(18)12-14/h8-9,12H,4-7,10-11,13H2,1-3H3,(H,19,21). The summed E-state index contributed by atoms with van der Waals surface area (Å²) in [6.07, 6.45) is 0.674. The fraction of sp³-hybridized carbons (Fsp3) is 0.588. The maximum Gasteiger partial charge on any atom is 0.243 e. The first-order chi connectivity index (χ1) is 12.4. The van der Waals surface area contributed by atoms with Crippen molar-refractivity contribution < 1.29 is 22.7 Å². The fourth-order valence-corrected chi connectivity index (χ4v) is 3.92. The lowest BCUT2D eigenvalue weighted by Gasteiger charge is -2.20. The predicted octanol–water partition coefficient (Wildman–Crippen LogP) is 2.29. The zero-order valence-electron chi connectivity index (χ0n) is 15.5. The molecule has 0 spiro atoms. The number of ether oxygens (including phenoxy) is 2. The van der Waals surface area contributed by atoms with E-state index in [9.17, 15) is 13.2 Å². The van der Waals surface area contributed by atoms with E-state index in [4.69, 9.17) is 21.1 Å². The third kappa shape index (κ3) is 6.75. The number of hydrogen-bond donors (Lipinski definition) is 1. The Morgan fingerprint density at radius 3 is 2.54 bits per heavy atom. The van der Waals surface area contributed by atoms with Gasteiger partial charge in [-0.2, -0.15) is 4.31 Å². The van der Waals surface area contributed by atoms with E-state index in [0.717, 1.165) is 4.31 Å². The molecule has 0 unspecified atom stereocenters. The average molecular weight is 407 g/mol. The van der Waals surface area contributed by atoms with Crippen LogP contribution in [0.25, 0.3) is 0 Å². The second kappa shape index (κ2) is 11.4. The van der Waals surface area contributed by atoms with Crippen LogP contribution in [0.4, 0.5) is 0 Å². The molecule has 9 heteroatoms. The van der Waals surface area contributed by atoms with Crippen molar-refractivity contribution in [2.75, 3.05) is 39.5 Å². The summed E-state index contributed by atoms with van der Waals surface area (Å²) in [6.45, 7) is 7.34. The van der Waals surface area contributed by atoms with Crippen molar-refractivity contribution in [2.45, 2.75) is 32.1 Å². The SMILES string of the molecule is CCOCCCNC(=O)CN(CC)S(=O)(=O)c1ccc(OCC)c(Cl)c1. The van der Waals surface area contributed by atoms with Gasteiger partial charge >= 0.3 is 0 Å². The van der Waals surface area contributed by atoms with E-state index in [1.54, 1.807) is 6.92 Å². The van der Waals surface area contributed by atoms with Crippen LogP contribution in [0, 0.1) is 0 Å². The van der Waals surface area contributed by atoms with Gasteiger partial charge in [-0.05, 0) is 38.5 Å². The van der Waals surface area contributed by atoms with Crippen LogP contribution in [0.1, 0.15) is 27.2 Å². The molecule has 7 nitrogen and oxygen atoms in total. The molecule has 0 aliphatic rings. The summed E-state index contributed by atoms with van der Waals surface area (Å²) in [7, 11) is -3.83. The van der Waals surface area contributed by atoms with Gasteiger partial charge in [-0.25, -0.2) is 8.42 Å². The molecule has 0 saturated heterocycles. The Labute approximate surface area is 160 Å². The van der Waals surface area contributed by atoms with Crippen LogP contribution in [-0.4, -0.2) is 58.1 Å². The number of carbonyl (C=O) groups excluding carboxylic acids is 1. The highest BCUT2D eigenvalue weighted by Crippen LogP contribution is 2.28. The summed E-state index contributed by atoms with van der Waals surface area (Å²) in [6, 6.07) is 4.28. The van der Waals surface area contributed by atoms with Crippen molar-refractivity contribution in [3.8, 4) is 5.75 Å². The third-order valence-corrected chi connectivity index (χ3v) is 5.72. The van der Waals surface area contributed by atoms with Crippen molar-refractivity contribution in [2.24, 2.45) is 0 Å². The quantitative estimate of drug-likeness (QED) is 0.538. The summed E-state index contributed by atoms with van der Waals surface area (Å²) in [5.74, 6) is 0.0622. The van der Waals surface area contributed by atoms with E-state index >= 15 is 0 Å². The Balaban J connectivity index is 2.75. The number of halogens is 1. The minimum Gasteiger partial charge on any atom is -0.492 e. The molecular weight excluding hydrogens is 380 g/mol. The number of amides is 1. The van der Waals surface area contributed by atoms with Crippen molar-refractivity contribution in [3.05, 3.63) is 23.2 Å². The lowest BCUT2D eigenvalue weighted by molar-refractivity contribution is -0.121. The number of sulfonamides is 1. The zero-order valence-corrected chi connectivity index (χ0v) is 17.0. The molecule has 1 N–H and O–H groups in total. The average Bonchev–Trinajstić information content (AvgIpc) is 2.61. The van der Waals surface area contributed by atoms with Crippen molar-refractivity contribution in [1.82, 2.24) is 9.62 Å². The number of benzene rings is 1. The highest BCUT2D eigenvalue weighted by molar-refractivity contribution is 7.89. The zero-order chi connectivity index (χ0) is 19.6. The number of likely N-dealkylation sites (N-methyl/N-ethyl adjacent to an activating group) is 1. The summed E-state index contributed by atoms with van der Waals surface area (Å²) >= 11 is 6.08. The maximum absolute atomic E-state index is 12.8. The summed E-state index contributed by atoms with van der Waals surface area (Å²) < 4.78 is 37.1. The van der Waals surface area contributed by atoms with Crippen LogP contribution >= 0.6 is 11.6 Å². The van der Waals surface area contributed by atoms with Crippen LogP contribution in [0.5, 0.6) is 5.75 Å². The third-order valence-electron chi connectivity index (χ3n) is 3.51. The van der Waals surface area contributed by atoms with Gasteiger partial charge in [0.15, 0.2) is 0 Å². The van der Waals surface area contributed by atoms with Crippen molar-refractivity contribution in [3.63, 3.8) is 0 Å². The Morgan fingerprint density at radius 1 is 1.23 bits per heavy atom. The second-order valence-electron chi connectivity index (χ2n) is 5.36. The smallest absolute Gasteiger partial charge is 0.243 e. The van der Waals surface area contributed by atoms with Gasteiger partial charge in [0, 0.05) is 26.3 Å². The molecule has 1 aromatic carbocycles. The Bertz CT molecular complexity index is 682. The van der Waals surface area contributed by atoms with Crippen LogP contribution in [0.3, 0.4) is 0 Å². The van der Waals surface area contributed by atoms with Crippen molar-refractivity contribution in [1.29, 1.82) is 0 Å². The minimum atomic E-state index is -3.83. The van der Waals surface area contributed by atoms with Crippen LogP contribution in [0.15, 0.2) is 23.1 Å². The van der Waals surface area contributed by atoms with Crippen LogP contribution < -0.4 is 10.1 Å². The molecule has 148 valence electrons. The Morgan fingerprint density at radius 2 is 1.96 bits per heavy atom. The fourth-order valence-electron chi connectivity index (χ4n) is 2.19. The minimum absolute atomic E-state index is 0.0250. The summed E-state index contributed by atoms with van der Waals surface area (Å²) in [5.41, 5.74) is 0. The van der Waals surface area contributed by atoms with Gasteiger partial charge in [0.05, 0.1) is 23.1 Å². The molecule has 0 aliphatic carbocycles. The van der Waals surface area contributed by atoms with E-state index in [1.807, 2.05) is 13.8 Å². The molecule has 0 atom stereocenters. The normalized spacial score (nSPS) is 11.6. The number of rotatable bonds is 12. The Kier molecular flexibility index (Phi) is 9.93. The highest BCUT2D eigenvalue weighted by atomic mass is 35.5. The molecule has 1 rings (SSSR count). The van der Waals surface area contributed by atoms with Gasteiger partial charge in [-0.3, -0.25) is 4.79 Å². The molecule has 1 aromatic rings. The van der Waals surface area contributed by atoms with E-state index in [2.05, 4.69) is 5.32 Å². The number of carbonyl (C=O) groups is 1. The topological polar surface area (TPSA) is 84.9 Å². The summed E-state index contributed by atoms with van der Waals surface area (Å²) in [4.78, 5) is 12.1. The van der Waals surface area contributed by atoms with Gasteiger partial charge in [0.2, 0.25) is 15.9 Å². The van der Waals surface area contributed by atoms with Gasteiger partial charge in [-0.1, -0.05) is 18.5 Å². The first-order valence-electron chi connectivity index (χ1n) is 8.63. The largest absolute Gasteiger partial charge is 0.492 e. The molecule has 0 radical (unpaired) electrons. The predicted molar refractivity (Wildman–Crippen MR) is 101 cm³/mol. The van der Waals surface area contributed by atoms with E-state index in [0.29, 0.717) is 38.5 Å². The second-order valence-corrected chi connectivity index (χ2v) is 7.70. The van der Waals surface area contributed by atoms with E-state index < -0.39 is 10.0 Å². The molecule has 26 heavy (non-hydrogen) atoms. The monoisotopic (exact) mass is 406 g/mol. The van der Waals surface area contributed by atoms with Gasteiger partial charge < -0.3 is 14.8 Å². The van der Waals surface area contributed by atoms with Crippen molar-refractivity contribution >= 4 is 27.5 Å². The lowest BCUT2D eigenvalue weighted by atomic mass is 10.3. The van der Waals surface area contributed by atoms with Crippen LogP contribution in [0.2, 0.25) is 5.02 Å². The van der Waals surface area contributed by atoms with Crippen LogP contribution in [-0.2, 0) is 19.6 Å². The molecule has 0 aromatic heterocycles. The summed E-state index contributed by atoms with van der Waals surface area (Å²) in [5, 5.41) is 2.91. The van der Waals surface area contributed by atoms with Gasteiger partial charge in [0.1, 0.15) is 5.75 Å². The Hall–Kier alpha value is -1.35. The van der Waals surface area contributed by atoms with E-state index in [1.165, 1.54) is 18.2 Å². The molecule has 0 saturated carbocycles. The molecular formula is C17H27ClN2O5S. The number of nitrogens with one attached hydrogen (secondary N) is 1. The molecule has 0 aliphatic heterocycles. The lowest BCUT2D eigenvalue weighted by Crippen LogP contribution is -2.41. The molecule has 1 amide bonds. The van der Waals surface area contributed by atoms with Gasteiger partial charge in [-0.15, -0.1) is 0 Å².